The molecule has 1 radical (unpaired) electrons. The Bertz CT molecular complexity index is 116. The van der Waals surface area contributed by atoms with Crippen molar-refractivity contribution < 1.29 is 17.9 Å². The summed E-state index contributed by atoms with van der Waals surface area (Å²) < 4.78 is 4.56. The second-order valence-electron chi connectivity index (χ2n) is 2.77. The van der Waals surface area contributed by atoms with Gasteiger partial charge >= 0.3 is 52.8 Å². The van der Waals surface area contributed by atoms with Crippen LogP contribution < -0.4 is 0 Å². The van der Waals surface area contributed by atoms with E-state index < -0.39 is 17.9 Å². The van der Waals surface area contributed by atoms with Gasteiger partial charge < -0.3 is 0 Å². The van der Waals surface area contributed by atoms with Crippen LogP contribution in [0.1, 0.15) is 20.8 Å². The molecule has 68 valence electrons. The molecule has 0 unspecified atom stereocenters. The van der Waals surface area contributed by atoms with E-state index in [4.69, 9.17) is 0 Å². The fourth-order valence-corrected chi connectivity index (χ4v) is 3.41. The first-order valence-corrected chi connectivity index (χ1v) is 8.16. The van der Waals surface area contributed by atoms with Crippen molar-refractivity contribution in [3.63, 3.8) is 0 Å². The first-order valence-electron chi connectivity index (χ1n) is 4.85. The van der Waals surface area contributed by atoms with Crippen LogP contribution in [0.2, 0.25) is 14.2 Å². The van der Waals surface area contributed by atoms with Gasteiger partial charge in [-0.3, -0.25) is 0 Å². The maximum absolute atomic E-state index is 2.34. The molecule has 0 heterocycles. The molecule has 0 saturated carbocycles. The van der Waals surface area contributed by atoms with Gasteiger partial charge in [-0.25, -0.2) is 0 Å². The van der Waals surface area contributed by atoms with Gasteiger partial charge in [0.1, 0.15) is 0 Å². The van der Waals surface area contributed by atoms with Crippen LogP contribution in [0.25, 0.3) is 0 Å². The summed E-state index contributed by atoms with van der Waals surface area (Å²) in [6.07, 6.45) is 10.0. The van der Waals surface area contributed by atoms with Gasteiger partial charge in [0.15, 0.2) is 0 Å². The number of rotatable bonds is 3. The minimum Gasteiger partial charge on any atom is -0.0767 e. The maximum atomic E-state index is 2.34. The Labute approximate surface area is 83.6 Å². The van der Waals surface area contributed by atoms with Crippen molar-refractivity contribution in [3.8, 4) is 0 Å². The summed E-state index contributed by atoms with van der Waals surface area (Å²) in [5.41, 5.74) is 0. The standard InChI is InChI=1S/C5H5.3C2H5.Ti/c1-2-4-5-3-1;3*1-2;/h1-5H;3*1H2,2H3;. The van der Waals surface area contributed by atoms with Crippen molar-refractivity contribution in [2.75, 3.05) is 0 Å². The number of allylic oxidation sites excluding steroid dienone is 4. The molecule has 1 heteroatoms. The Morgan fingerprint density at radius 3 is 1.25 bits per heavy atom. The fourth-order valence-electron chi connectivity index (χ4n) is 1.07. The normalized spacial score (nSPS) is 12.6. The Balaban J connectivity index is 0.000000211. The molecule has 12 heavy (non-hydrogen) atoms. The van der Waals surface area contributed by atoms with E-state index in [0.717, 1.165) is 0 Å². The Hall–Kier alpha value is 0.194. The molecular weight excluding hydrogens is 180 g/mol. The number of hydrogen-bond donors (Lipinski definition) is 0. The molecule has 1 rings (SSSR count). The zero-order valence-electron chi connectivity index (χ0n) is 8.51. The van der Waals surface area contributed by atoms with Crippen molar-refractivity contribution in [2.45, 2.75) is 34.9 Å². The van der Waals surface area contributed by atoms with Crippen molar-refractivity contribution in [3.05, 3.63) is 30.7 Å². The second-order valence-corrected chi connectivity index (χ2v) is 8.43. The summed E-state index contributed by atoms with van der Waals surface area (Å²) in [7, 11) is 0. The van der Waals surface area contributed by atoms with Crippen LogP contribution >= 0.6 is 0 Å². The molecule has 1 aliphatic rings. The molecule has 0 fully saturated rings. The third-order valence-corrected chi connectivity index (χ3v) is 6.74. The minimum atomic E-state index is -0.403. The summed E-state index contributed by atoms with van der Waals surface area (Å²) >= 11 is -0.403. The van der Waals surface area contributed by atoms with Gasteiger partial charge in [0, 0.05) is 6.42 Å². The Morgan fingerprint density at radius 1 is 0.750 bits per heavy atom. The molecule has 0 nitrogen and oxygen atoms in total. The van der Waals surface area contributed by atoms with E-state index in [1.165, 1.54) is 14.2 Å². The van der Waals surface area contributed by atoms with Crippen molar-refractivity contribution in [1.82, 2.24) is 0 Å². The first-order chi connectivity index (χ1) is 5.85. The van der Waals surface area contributed by atoms with Crippen LogP contribution in [0.15, 0.2) is 24.3 Å². The van der Waals surface area contributed by atoms with E-state index in [0.29, 0.717) is 0 Å². The quantitative estimate of drug-likeness (QED) is 0.598. The molecule has 0 aliphatic heterocycles. The van der Waals surface area contributed by atoms with E-state index in [-0.39, 0.29) is 0 Å². The zero-order valence-corrected chi connectivity index (χ0v) is 10.1. The van der Waals surface area contributed by atoms with Crippen molar-refractivity contribution in [2.24, 2.45) is 0 Å². The molecule has 1 aliphatic carbocycles. The summed E-state index contributed by atoms with van der Waals surface area (Å²) in [5, 5.41) is 0. The monoisotopic (exact) mass is 200 g/mol. The van der Waals surface area contributed by atoms with Gasteiger partial charge in [0.2, 0.25) is 0 Å². The molecule has 0 N–H and O–H groups in total. The van der Waals surface area contributed by atoms with Crippen LogP contribution in [0.5, 0.6) is 0 Å². The van der Waals surface area contributed by atoms with Gasteiger partial charge in [0.05, 0.1) is 0 Å². The molecular formula is C11H20Ti. The van der Waals surface area contributed by atoms with E-state index in [1.54, 1.807) is 0 Å². The van der Waals surface area contributed by atoms with Crippen LogP contribution in [0.4, 0.5) is 0 Å². The van der Waals surface area contributed by atoms with Gasteiger partial charge in [-0.05, 0) is 0 Å². The minimum absolute atomic E-state index is 0.403. The summed E-state index contributed by atoms with van der Waals surface area (Å²) in [6, 6.07) is 0. The van der Waals surface area contributed by atoms with E-state index in [9.17, 15) is 0 Å². The largest absolute Gasteiger partial charge is 0.0767 e. The predicted molar refractivity (Wildman–Crippen MR) is 54.0 cm³/mol. The number of hydrogen-bond acceptors (Lipinski definition) is 0. The fraction of sp³-hybridized carbons (Fsp3) is 0.545. The molecule has 0 aromatic rings. The first kappa shape index (κ1) is 12.2. The third kappa shape index (κ3) is 6.88. The summed E-state index contributed by atoms with van der Waals surface area (Å²) in [6.45, 7) is 7.01. The van der Waals surface area contributed by atoms with Crippen LogP contribution in [-0.4, -0.2) is 0 Å². The predicted octanol–water partition coefficient (Wildman–Crippen LogP) is 4.24. The topological polar surface area (TPSA) is 0 Å². The maximum Gasteiger partial charge on any atom is 0.00506 e. The molecule has 0 aromatic heterocycles. The van der Waals surface area contributed by atoms with Gasteiger partial charge in [-0.2, -0.15) is 0 Å². The van der Waals surface area contributed by atoms with Crippen molar-refractivity contribution >= 4 is 0 Å². The van der Waals surface area contributed by atoms with Crippen LogP contribution in [-0.2, 0) is 17.9 Å². The van der Waals surface area contributed by atoms with Gasteiger partial charge in [-0.1, -0.05) is 24.3 Å². The molecule has 0 aromatic carbocycles. The van der Waals surface area contributed by atoms with E-state index in [1.807, 2.05) is 30.7 Å². The Morgan fingerprint density at radius 2 is 1.17 bits per heavy atom. The molecule has 0 saturated heterocycles. The summed E-state index contributed by atoms with van der Waals surface area (Å²) in [5.74, 6) is 0. The second kappa shape index (κ2) is 9.28. The van der Waals surface area contributed by atoms with E-state index in [2.05, 4.69) is 20.8 Å². The third-order valence-electron chi connectivity index (χ3n) is 2.06. The molecule has 0 spiro atoms. The molecule has 0 atom stereocenters. The molecule has 0 amide bonds. The summed E-state index contributed by atoms with van der Waals surface area (Å²) in [4.78, 5) is 0. The van der Waals surface area contributed by atoms with Gasteiger partial charge in [-0.15, -0.1) is 0 Å². The van der Waals surface area contributed by atoms with Gasteiger partial charge in [0.25, 0.3) is 0 Å². The van der Waals surface area contributed by atoms with Crippen LogP contribution in [0.3, 0.4) is 0 Å². The Kier molecular flexibility index (Phi) is 9.43. The average molecular weight is 200 g/mol. The average Bonchev–Trinajstić information content (AvgIpc) is 2.64. The van der Waals surface area contributed by atoms with Crippen molar-refractivity contribution in [1.29, 1.82) is 0 Å². The smallest absolute Gasteiger partial charge is 0.00506 e. The SMILES string of the molecule is C[CH2][Ti]([CH2]C)[CH2]C.[CH]1C=CC=C1. The van der Waals surface area contributed by atoms with E-state index >= 15 is 0 Å². The van der Waals surface area contributed by atoms with Crippen LogP contribution in [0, 0.1) is 6.42 Å². The zero-order chi connectivity index (χ0) is 9.23. The molecule has 0 bridgehead atoms.